The van der Waals surface area contributed by atoms with Gasteiger partial charge in [-0.3, -0.25) is 0 Å². The summed E-state index contributed by atoms with van der Waals surface area (Å²) >= 11 is 6.15. The van der Waals surface area contributed by atoms with Crippen LogP contribution < -0.4 is 5.32 Å². The first-order valence-electron chi connectivity index (χ1n) is 6.35. The van der Waals surface area contributed by atoms with Crippen molar-refractivity contribution in [1.82, 2.24) is 5.32 Å². The Kier molecular flexibility index (Phi) is 3.69. The number of hydrogen-bond donors (Lipinski definition) is 1. The van der Waals surface area contributed by atoms with Crippen LogP contribution >= 0.6 is 11.6 Å². The second kappa shape index (κ2) is 4.94. The normalized spacial score (nSPS) is 14.1. The number of furan rings is 1. The quantitative estimate of drug-likeness (QED) is 0.864. The Morgan fingerprint density at radius 2 is 2.06 bits per heavy atom. The summed E-state index contributed by atoms with van der Waals surface area (Å²) in [5.41, 5.74) is 0.873. The van der Waals surface area contributed by atoms with Crippen LogP contribution in [0.15, 0.2) is 28.7 Å². The maximum absolute atomic E-state index is 6.15. The van der Waals surface area contributed by atoms with Crippen LogP contribution in [0.2, 0.25) is 5.02 Å². The van der Waals surface area contributed by atoms with Gasteiger partial charge in [-0.05, 0) is 24.1 Å². The van der Waals surface area contributed by atoms with E-state index in [9.17, 15) is 0 Å². The lowest BCUT2D eigenvalue weighted by Crippen LogP contribution is -2.31. The fourth-order valence-corrected chi connectivity index (χ4v) is 2.45. The minimum absolute atomic E-state index is 0.0936. The van der Waals surface area contributed by atoms with Gasteiger partial charge in [-0.15, -0.1) is 0 Å². The van der Waals surface area contributed by atoms with E-state index in [0.717, 1.165) is 23.3 Å². The molecule has 0 saturated carbocycles. The van der Waals surface area contributed by atoms with Gasteiger partial charge in [-0.25, -0.2) is 0 Å². The number of nitrogens with one attached hydrogen (secondary N) is 1. The number of para-hydroxylation sites is 1. The third-order valence-electron chi connectivity index (χ3n) is 3.07. The smallest absolute Gasteiger partial charge is 0.152 e. The number of rotatable bonds is 3. The van der Waals surface area contributed by atoms with Crippen LogP contribution in [0.1, 0.15) is 39.5 Å². The third-order valence-corrected chi connectivity index (χ3v) is 3.37. The van der Waals surface area contributed by atoms with Crippen molar-refractivity contribution in [2.24, 2.45) is 5.41 Å². The van der Waals surface area contributed by atoms with E-state index in [-0.39, 0.29) is 11.5 Å². The number of halogens is 1. The van der Waals surface area contributed by atoms with Crippen molar-refractivity contribution in [2.75, 3.05) is 6.54 Å². The van der Waals surface area contributed by atoms with Crippen molar-refractivity contribution in [3.63, 3.8) is 0 Å². The molecule has 2 rings (SSSR count). The fraction of sp³-hybridized carbons (Fsp3) is 0.467. The molecule has 1 aromatic heterocycles. The molecule has 0 aliphatic heterocycles. The van der Waals surface area contributed by atoms with Crippen molar-refractivity contribution in [1.29, 1.82) is 0 Å². The zero-order chi connectivity index (χ0) is 13.3. The summed E-state index contributed by atoms with van der Waals surface area (Å²) in [5, 5.41) is 5.21. The molecule has 3 heteroatoms. The van der Waals surface area contributed by atoms with Crippen LogP contribution in [0.4, 0.5) is 0 Å². The lowest BCUT2D eigenvalue weighted by molar-refractivity contribution is 0.244. The average Bonchev–Trinajstić information content (AvgIpc) is 2.69. The zero-order valence-electron chi connectivity index (χ0n) is 11.4. The van der Waals surface area contributed by atoms with Crippen LogP contribution in [0.5, 0.6) is 0 Å². The lowest BCUT2D eigenvalue weighted by Gasteiger charge is -2.29. The number of benzene rings is 1. The Morgan fingerprint density at radius 3 is 2.61 bits per heavy atom. The van der Waals surface area contributed by atoms with E-state index < -0.39 is 0 Å². The van der Waals surface area contributed by atoms with E-state index in [2.05, 4.69) is 39.1 Å². The molecule has 0 spiro atoms. The van der Waals surface area contributed by atoms with E-state index in [1.165, 1.54) is 0 Å². The Hall–Kier alpha value is -0.990. The SMILES string of the molecule is CCNC(c1cc2cccc(Cl)c2o1)C(C)(C)C. The highest BCUT2D eigenvalue weighted by Crippen LogP contribution is 2.37. The maximum Gasteiger partial charge on any atom is 0.152 e. The van der Waals surface area contributed by atoms with Gasteiger partial charge in [-0.1, -0.05) is 51.4 Å². The standard InChI is InChI=1S/C15H20ClNO/c1-5-17-14(15(2,3)4)12-9-10-7-6-8-11(16)13(10)18-12/h6-9,14,17H,5H2,1-4H3. The molecule has 0 amide bonds. The van der Waals surface area contributed by atoms with Gasteiger partial charge >= 0.3 is 0 Å². The molecule has 18 heavy (non-hydrogen) atoms. The molecule has 0 bridgehead atoms. The third kappa shape index (κ3) is 2.55. The summed E-state index contributed by atoms with van der Waals surface area (Å²) in [6.45, 7) is 9.63. The molecule has 2 nitrogen and oxygen atoms in total. The summed E-state index contributed by atoms with van der Waals surface area (Å²) < 4.78 is 5.95. The molecule has 1 atom stereocenters. The molecule has 98 valence electrons. The van der Waals surface area contributed by atoms with Gasteiger partial charge in [0.1, 0.15) is 5.76 Å². The van der Waals surface area contributed by atoms with Crippen LogP contribution in [0.25, 0.3) is 11.0 Å². The Morgan fingerprint density at radius 1 is 1.33 bits per heavy atom. The largest absolute Gasteiger partial charge is 0.458 e. The summed E-state index contributed by atoms with van der Waals surface area (Å²) in [5.74, 6) is 0.951. The first-order chi connectivity index (χ1) is 8.43. The van der Waals surface area contributed by atoms with Crippen LogP contribution in [-0.2, 0) is 0 Å². The second-order valence-electron chi connectivity index (χ2n) is 5.66. The predicted octanol–water partition coefficient (Wildman–Crippen LogP) is 4.78. The average molecular weight is 266 g/mol. The number of fused-ring (bicyclic) bond motifs is 1. The molecule has 0 radical (unpaired) electrons. The van der Waals surface area contributed by atoms with E-state index >= 15 is 0 Å². The molecule has 0 fully saturated rings. The summed E-state index contributed by atoms with van der Waals surface area (Å²) in [7, 11) is 0. The molecule has 1 heterocycles. The molecule has 2 aromatic rings. The predicted molar refractivity (Wildman–Crippen MR) is 77.1 cm³/mol. The van der Waals surface area contributed by atoms with Crippen molar-refractivity contribution >= 4 is 22.6 Å². The maximum atomic E-state index is 6.15. The highest BCUT2D eigenvalue weighted by atomic mass is 35.5. The molecular formula is C15H20ClNO. The van der Waals surface area contributed by atoms with E-state index in [1.54, 1.807) is 0 Å². The van der Waals surface area contributed by atoms with Crippen molar-refractivity contribution in [2.45, 2.75) is 33.7 Å². The first-order valence-corrected chi connectivity index (χ1v) is 6.72. The Bertz CT molecular complexity index is 539. The van der Waals surface area contributed by atoms with E-state index in [0.29, 0.717) is 5.02 Å². The topological polar surface area (TPSA) is 25.2 Å². The van der Waals surface area contributed by atoms with Gasteiger partial charge < -0.3 is 9.73 Å². The van der Waals surface area contributed by atoms with Gasteiger partial charge in [0.05, 0.1) is 11.1 Å². The van der Waals surface area contributed by atoms with Gasteiger partial charge in [0.25, 0.3) is 0 Å². The molecule has 0 saturated heterocycles. The number of hydrogen-bond acceptors (Lipinski definition) is 2. The summed E-state index contributed by atoms with van der Waals surface area (Å²) in [4.78, 5) is 0. The molecule has 0 aliphatic rings. The van der Waals surface area contributed by atoms with Gasteiger partial charge in [0.15, 0.2) is 5.58 Å². The van der Waals surface area contributed by atoms with Crippen LogP contribution in [0.3, 0.4) is 0 Å². The van der Waals surface area contributed by atoms with Gasteiger partial charge in [-0.2, -0.15) is 0 Å². The molecule has 0 aliphatic carbocycles. The van der Waals surface area contributed by atoms with Crippen molar-refractivity contribution in [3.8, 4) is 0 Å². The highest BCUT2D eigenvalue weighted by Gasteiger charge is 2.28. The minimum atomic E-state index is 0.0936. The van der Waals surface area contributed by atoms with Gasteiger partial charge in [0, 0.05) is 5.39 Å². The monoisotopic (exact) mass is 265 g/mol. The summed E-state index contributed by atoms with van der Waals surface area (Å²) in [6, 6.07) is 8.10. The van der Waals surface area contributed by atoms with Crippen LogP contribution in [0, 0.1) is 5.41 Å². The van der Waals surface area contributed by atoms with Gasteiger partial charge in [0.2, 0.25) is 0 Å². The zero-order valence-corrected chi connectivity index (χ0v) is 12.1. The first kappa shape index (κ1) is 13.4. The van der Waals surface area contributed by atoms with Crippen molar-refractivity contribution in [3.05, 3.63) is 35.0 Å². The van der Waals surface area contributed by atoms with E-state index in [4.69, 9.17) is 16.0 Å². The highest BCUT2D eigenvalue weighted by molar-refractivity contribution is 6.34. The molecular weight excluding hydrogens is 246 g/mol. The lowest BCUT2D eigenvalue weighted by atomic mass is 9.85. The second-order valence-corrected chi connectivity index (χ2v) is 6.07. The summed E-state index contributed by atoms with van der Waals surface area (Å²) in [6.07, 6.45) is 0. The molecule has 1 unspecified atom stereocenters. The van der Waals surface area contributed by atoms with Crippen LogP contribution in [-0.4, -0.2) is 6.54 Å². The Labute approximate surface area is 113 Å². The minimum Gasteiger partial charge on any atom is -0.458 e. The Balaban J connectivity index is 2.48. The van der Waals surface area contributed by atoms with Crippen molar-refractivity contribution < 1.29 is 4.42 Å². The fourth-order valence-electron chi connectivity index (χ4n) is 2.23. The molecule has 1 aromatic carbocycles. The molecule has 1 N–H and O–H groups in total. The van der Waals surface area contributed by atoms with E-state index in [1.807, 2.05) is 18.2 Å².